The SMILES string of the molecule is CC(Sc1cccc(Cl)c1)C(=O)Nc1ccc(F)c(F)c1. The predicted octanol–water partition coefficient (Wildman–Crippen LogP) is 4.74. The highest BCUT2D eigenvalue weighted by molar-refractivity contribution is 8.00. The molecule has 0 heterocycles. The minimum atomic E-state index is -0.997. The van der Waals surface area contributed by atoms with E-state index < -0.39 is 16.9 Å². The van der Waals surface area contributed by atoms with E-state index in [-0.39, 0.29) is 11.6 Å². The lowest BCUT2D eigenvalue weighted by Gasteiger charge is -2.12. The van der Waals surface area contributed by atoms with Gasteiger partial charge in [-0.05, 0) is 37.3 Å². The molecule has 2 aromatic carbocycles. The minimum absolute atomic E-state index is 0.220. The zero-order valence-corrected chi connectivity index (χ0v) is 12.6. The first-order chi connectivity index (χ1) is 9.95. The van der Waals surface area contributed by atoms with Gasteiger partial charge in [0.1, 0.15) is 0 Å². The highest BCUT2D eigenvalue weighted by Gasteiger charge is 2.15. The number of rotatable bonds is 4. The number of benzene rings is 2. The van der Waals surface area contributed by atoms with Crippen molar-refractivity contribution in [2.45, 2.75) is 17.1 Å². The summed E-state index contributed by atoms with van der Waals surface area (Å²) >= 11 is 7.21. The van der Waals surface area contributed by atoms with Gasteiger partial charge in [0.2, 0.25) is 5.91 Å². The van der Waals surface area contributed by atoms with Gasteiger partial charge < -0.3 is 5.32 Å². The maximum atomic E-state index is 13.1. The molecule has 1 unspecified atom stereocenters. The van der Waals surface area contributed by atoms with Gasteiger partial charge in [-0.25, -0.2) is 8.78 Å². The molecule has 0 saturated heterocycles. The molecule has 0 aliphatic rings. The topological polar surface area (TPSA) is 29.1 Å². The highest BCUT2D eigenvalue weighted by atomic mass is 35.5. The minimum Gasteiger partial charge on any atom is -0.325 e. The van der Waals surface area contributed by atoms with Crippen LogP contribution in [0.25, 0.3) is 0 Å². The van der Waals surface area contributed by atoms with Gasteiger partial charge in [0, 0.05) is 21.7 Å². The molecule has 1 atom stereocenters. The molecule has 0 aliphatic heterocycles. The fraction of sp³-hybridized carbons (Fsp3) is 0.133. The van der Waals surface area contributed by atoms with E-state index in [9.17, 15) is 13.6 Å². The Labute approximate surface area is 130 Å². The molecule has 2 nitrogen and oxygen atoms in total. The summed E-state index contributed by atoms with van der Waals surface area (Å²) in [5, 5.41) is 2.73. The molecule has 0 fully saturated rings. The maximum Gasteiger partial charge on any atom is 0.237 e. The summed E-state index contributed by atoms with van der Waals surface area (Å²) in [6.07, 6.45) is 0. The molecule has 2 rings (SSSR count). The van der Waals surface area contributed by atoms with Crippen LogP contribution in [0.5, 0.6) is 0 Å². The van der Waals surface area contributed by atoms with Crippen molar-refractivity contribution in [1.82, 2.24) is 0 Å². The molecule has 1 N–H and O–H groups in total. The smallest absolute Gasteiger partial charge is 0.237 e. The van der Waals surface area contributed by atoms with Gasteiger partial charge in [-0.3, -0.25) is 4.79 Å². The molecule has 1 amide bonds. The van der Waals surface area contributed by atoms with Crippen LogP contribution in [0.1, 0.15) is 6.92 Å². The van der Waals surface area contributed by atoms with Crippen LogP contribution in [0.4, 0.5) is 14.5 Å². The molecule has 0 radical (unpaired) electrons. The molecule has 6 heteroatoms. The molecule has 0 aromatic heterocycles. The average Bonchev–Trinajstić information content (AvgIpc) is 2.43. The molecular formula is C15H12ClF2NOS. The Hall–Kier alpha value is -1.59. The lowest BCUT2D eigenvalue weighted by Crippen LogP contribution is -2.22. The highest BCUT2D eigenvalue weighted by Crippen LogP contribution is 2.26. The zero-order valence-electron chi connectivity index (χ0n) is 11.1. The van der Waals surface area contributed by atoms with E-state index in [1.807, 2.05) is 6.07 Å². The summed E-state index contributed by atoms with van der Waals surface area (Å²) in [7, 11) is 0. The van der Waals surface area contributed by atoms with Crippen LogP contribution in [0, 0.1) is 11.6 Å². The molecule has 0 spiro atoms. The van der Waals surface area contributed by atoms with Crippen LogP contribution < -0.4 is 5.32 Å². The van der Waals surface area contributed by atoms with Crippen LogP contribution in [0.2, 0.25) is 5.02 Å². The van der Waals surface area contributed by atoms with Crippen molar-refractivity contribution in [2.24, 2.45) is 0 Å². The van der Waals surface area contributed by atoms with Crippen LogP contribution in [-0.2, 0) is 4.79 Å². The fourth-order valence-electron chi connectivity index (χ4n) is 1.62. The number of nitrogens with one attached hydrogen (secondary N) is 1. The Balaban J connectivity index is 2.00. The number of halogens is 3. The number of thioether (sulfide) groups is 1. The number of hydrogen-bond acceptors (Lipinski definition) is 2. The lowest BCUT2D eigenvalue weighted by molar-refractivity contribution is -0.115. The average molecular weight is 328 g/mol. The summed E-state index contributed by atoms with van der Waals surface area (Å²) in [6, 6.07) is 10.4. The van der Waals surface area contributed by atoms with E-state index in [0.717, 1.165) is 17.0 Å². The monoisotopic (exact) mass is 327 g/mol. The van der Waals surface area contributed by atoms with Gasteiger partial charge in [-0.15, -0.1) is 11.8 Å². The Morgan fingerprint density at radius 2 is 1.95 bits per heavy atom. The number of anilines is 1. The van der Waals surface area contributed by atoms with E-state index in [1.165, 1.54) is 17.8 Å². The third-order valence-corrected chi connectivity index (χ3v) is 3.99. The van der Waals surface area contributed by atoms with Crippen molar-refractivity contribution in [2.75, 3.05) is 5.32 Å². The summed E-state index contributed by atoms with van der Waals surface area (Å²) in [5.74, 6) is -2.25. The molecule has 0 aliphatic carbocycles. The summed E-state index contributed by atoms with van der Waals surface area (Å²) < 4.78 is 25.9. The summed E-state index contributed by atoms with van der Waals surface area (Å²) in [4.78, 5) is 12.9. The quantitative estimate of drug-likeness (QED) is 0.822. The molecular weight excluding hydrogens is 316 g/mol. The molecule has 21 heavy (non-hydrogen) atoms. The van der Waals surface area contributed by atoms with E-state index in [2.05, 4.69) is 5.32 Å². The van der Waals surface area contributed by atoms with E-state index in [4.69, 9.17) is 11.6 Å². The second-order valence-corrected chi connectivity index (χ2v) is 6.19. The van der Waals surface area contributed by atoms with Crippen molar-refractivity contribution < 1.29 is 13.6 Å². The Kier molecular flexibility index (Phi) is 5.20. The third-order valence-electron chi connectivity index (χ3n) is 2.67. The van der Waals surface area contributed by atoms with Crippen molar-refractivity contribution in [3.63, 3.8) is 0 Å². The Morgan fingerprint density at radius 1 is 1.19 bits per heavy atom. The number of carbonyl (C=O) groups is 1. The second kappa shape index (κ2) is 6.91. The third kappa shape index (κ3) is 4.44. The van der Waals surface area contributed by atoms with E-state index in [0.29, 0.717) is 5.02 Å². The van der Waals surface area contributed by atoms with Gasteiger partial charge in [-0.1, -0.05) is 17.7 Å². The number of carbonyl (C=O) groups excluding carboxylic acids is 1. The molecule has 110 valence electrons. The first-order valence-electron chi connectivity index (χ1n) is 6.14. The normalized spacial score (nSPS) is 12.0. The van der Waals surface area contributed by atoms with Crippen molar-refractivity contribution in [3.05, 3.63) is 59.1 Å². The van der Waals surface area contributed by atoms with Gasteiger partial charge in [0.25, 0.3) is 0 Å². The van der Waals surface area contributed by atoms with Crippen LogP contribution >= 0.6 is 23.4 Å². The largest absolute Gasteiger partial charge is 0.325 e. The summed E-state index contributed by atoms with van der Waals surface area (Å²) in [6.45, 7) is 1.72. The van der Waals surface area contributed by atoms with Gasteiger partial charge in [0.05, 0.1) is 5.25 Å². The molecule has 2 aromatic rings. The Bertz CT molecular complexity index is 666. The Morgan fingerprint density at radius 3 is 2.62 bits per heavy atom. The van der Waals surface area contributed by atoms with Crippen LogP contribution in [0.3, 0.4) is 0 Å². The fourth-order valence-corrected chi connectivity index (χ4v) is 2.80. The van der Waals surface area contributed by atoms with Gasteiger partial charge in [-0.2, -0.15) is 0 Å². The zero-order chi connectivity index (χ0) is 15.4. The molecule has 0 bridgehead atoms. The maximum absolute atomic E-state index is 13.1. The van der Waals surface area contributed by atoms with Gasteiger partial charge in [0.15, 0.2) is 11.6 Å². The number of amides is 1. The van der Waals surface area contributed by atoms with Crippen LogP contribution in [-0.4, -0.2) is 11.2 Å². The van der Waals surface area contributed by atoms with Crippen molar-refractivity contribution in [3.8, 4) is 0 Å². The summed E-state index contributed by atoms with van der Waals surface area (Å²) in [5.41, 5.74) is 0.220. The van der Waals surface area contributed by atoms with E-state index in [1.54, 1.807) is 25.1 Å². The second-order valence-electron chi connectivity index (χ2n) is 4.34. The van der Waals surface area contributed by atoms with Crippen LogP contribution in [0.15, 0.2) is 47.4 Å². The first kappa shape index (κ1) is 15.8. The number of hydrogen-bond donors (Lipinski definition) is 1. The van der Waals surface area contributed by atoms with Gasteiger partial charge >= 0.3 is 0 Å². The van der Waals surface area contributed by atoms with Crippen molar-refractivity contribution >= 4 is 35.0 Å². The predicted molar refractivity (Wildman–Crippen MR) is 81.8 cm³/mol. The lowest BCUT2D eigenvalue weighted by atomic mass is 10.3. The molecule has 0 saturated carbocycles. The standard InChI is InChI=1S/C15H12ClF2NOS/c1-9(21-12-4-2-3-10(16)7-12)15(20)19-11-5-6-13(17)14(18)8-11/h2-9H,1H3,(H,19,20). The van der Waals surface area contributed by atoms with Crippen molar-refractivity contribution in [1.29, 1.82) is 0 Å². The first-order valence-corrected chi connectivity index (χ1v) is 7.39. The van der Waals surface area contributed by atoms with E-state index >= 15 is 0 Å².